The van der Waals surface area contributed by atoms with Gasteiger partial charge in [0.25, 0.3) is 0 Å². The zero-order chi connectivity index (χ0) is 14.9. The van der Waals surface area contributed by atoms with Crippen LogP contribution >= 0.6 is 15.9 Å². The predicted octanol–water partition coefficient (Wildman–Crippen LogP) is 1.61. The lowest BCUT2D eigenvalue weighted by atomic mass is 10.1. The van der Waals surface area contributed by atoms with E-state index in [4.69, 9.17) is 5.73 Å². The van der Waals surface area contributed by atoms with Gasteiger partial charge in [-0.15, -0.1) is 0 Å². The maximum atomic E-state index is 12.1. The van der Waals surface area contributed by atoms with Gasteiger partial charge in [0, 0.05) is 35.8 Å². The molecule has 0 unspecified atom stereocenters. The monoisotopic (exact) mass is 339 g/mol. The number of benzene rings is 1. The van der Waals surface area contributed by atoms with E-state index in [0.29, 0.717) is 25.3 Å². The van der Waals surface area contributed by atoms with Crippen LogP contribution in [0.1, 0.15) is 19.4 Å². The molecule has 2 amide bonds. The minimum atomic E-state index is -0.436. The van der Waals surface area contributed by atoms with Crippen LogP contribution in [0.2, 0.25) is 0 Å². The molecule has 0 aromatic heterocycles. The SMILES string of the molecule is CC(C)N1CCN(Cc2ccc(N)cc2Br)C(=O)C1=O. The van der Waals surface area contributed by atoms with Gasteiger partial charge in [0.05, 0.1) is 0 Å². The number of hydrogen-bond donors (Lipinski definition) is 1. The lowest BCUT2D eigenvalue weighted by Crippen LogP contribution is -2.55. The largest absolute Gasteiger partial charge is 0.399 e. The molecule has 0 atom stereocenters. The van der Waals surface area contributed by atoms with Gasteiger partial charge in [-0.3, -0.25) is 9.59 Å². The van der Waals surface area contributed by atoms with Crippen molar-refractivity contribution < 1.29 is 9.59 Å². The average Bonchev–Trinajstić information content (AvgIpc) is 2.37. The summed E-state index contributed by atoms with van der Waals surface area (Å²) in [6.07, 6.45) is 0. The molecule has 2 N–H and O–H groups in total. The highest BCUT2D eigenvalue weighted by Crippen LogP contribution is 2.22. The Hall–Kier alpha value is -1.56. The number of amides is 2. The van der Waals surface area contributed by atoms with Crippen LogP contribution in [0.3, 0.4) is 0 Å². The second-order valence-corrected chi connectivity index (χ2v) is 6.02. The molecule has 1 aromatic carbocycles. The third-order valence-corrected chi connectivity index (χ3v) is 4.14. The van der Waals surface area contributed by atoms with Gasteiger partial charge in [0.1, 0.15) is 0 Å². The average molecular weight is 340 g/mol. The Kier molecular flexibility index (Phi) is 4.32. The summed E-state index contributed by atoms with van der Waals surface area (Å²) in [6.45, 7) is 5.38. The zero-order valence-corrected chi connectivity index (χ0v) is 13.2. The van der Waals surface area contributed by atoms with Crippen LogP contribution in [-0.2, 0) is 16.1 Å². The first-order valence-corrected chi connectivity index (χ1v) is 7.33. The molecule has 5 nitrogen and oxygen atoms in total. The Morgan fingerprint density at radius 1 is 1.25 bits per heavy atom. The highest BCUT2D eigenvalue weighted by Gasteiger charge is 2.33. The second kappa shape index (κ2) is 5.83. The molecule has 1 aromatic rings. The van der Waals surface area contributed by atoms with Crippen molar-refractivity contribution >= 4 is 33.4 Å². The van der Waals surface area contributed by atoms with Gasteiger partial charge < -0.3 is 15.5 Å². The highest BCUT2D eigenvalue weighted by molar-refractivity contribution is 9.10. The van der Waals surface area contributed by atoms with Crippen molar-refractivity contribution in [2.45, 2.75) is 26.4 Å². The summed E-state index contributed by atoms with van der Waals surface area (Å²) in [6, 6.07) is 5.51. The van der Waals surface area contributed by atoms with Crippen molar-refractivity contribution in [2.75, 3.05) is 18.8 Å². The molecular formula is C14H18BrN3O2. The van der Waals surface area contributed by atoms with E-state index in [9.17, 15) is 9.59 Å². The van der Waals surface area contributed by atoms with Gasteiger partial charge in [-0.25, -0.2) is 0 Å². The van der Waals surface area contributed by atoms with Crippen molar-refractivity contribution in [3.63, 3.8) is 0 Å². The van der Waals surface area contributed by atoms with Crippen LogP contribution in [0, 0.1) is 0 Å². The number of anilines is 1. The Labute approximate surface area is 126 Å². The van der Waals surface area contributed by atoms with E-state index in [1.807, 2.05) is 19.9 Å². The van der Waals surface area contributed by atoms with Crippen LogP contribution < -0.4 is 5.73 Å². The molecule has 1 fully saturated rings. The molecule has 0 radical (unpaired) electrons. The maximum Gasteiger partial charge on any atom is 0.312 e. The van der Waals surface area contributed by atoms with E-state index < -0.39 is 11.8 Å². The first-order chi connectivity index (χ1) is 9.40. The van der Waals surface area contributed by atoms with Crippen molar-refractivity contribution in [3.05, 3.63) is 28.2 Å². The topological polar surface area (TPSA) is 66.6 Å². The minimum Gasteiger partial charge on any atom is -0.399 e. The van der Waals surface area contributed by atoms with Crippen LogP contribution in [0.4, 0.5) is 5.69 Å². The molecule has 0 bridgehead atoms. The highest BCUT2D eigenvalue weighted by atomic mass is 79.9. The molecule has 1 aliphatic rings. The van der Waals surface area contributed by atoms with E-state index in [-0.39, 0.29) is 6.04 Å². The van der Waals surface area contributed by atoms with Crippen molar-refractivity contribution in [2.24, 2.45) is 0 Å². The molecule has 2 rings (SSSR count). The third kappa shape index (κ3) is 2.95. The Morgan fingerprint density at radius 3 is 2.55 bits per heavy atom. The number of rotatable bonds is 3. The van der Waals surface area contributed by atoms with Crippen molar-refractivity contribution in [3.8, 4) is 0 Å². The van der Waals surface area contributed by atoms with Crippen LogP contribution in [0.15, 0.2) is 22.7 Å². The number of nitrogens with zero attached hydrogens (tertiary/aromatic N) is 2. The van der Waals surface area contributed by atoms with E-state index in [2.05, 4.69) is 15.9 Å². The molecule has 0 saturated carbocycles. The number of nitrogen functional groups attached to an aromatic ring is 1. The zero-order valence-electron chi connectivity index (χ0n) is 11.6. The minimum absolute atomic E-state index is 0.0526. The summed E-state index contributed by atoms with van der Waals surface area (Å²) < 4.78 is 0.851. The van der Waals surface area contributed by atoms with Gasteiger partial charge >= 0.3 is 11.8 Å². The van der Waals surface area contributed by atoms with Crippen LogP contribution in [-0.4, -0.2) is 40.7 Å². The Bertz CT molecular complexity index is 545. The summed E-state index contributed by atoms with van der Waals surface area (Å²) in [5, 5.41) is 0. The van der Waals surface area contributed by atoms with E-state index in [0.717, 1.165) is 10.0 Å². The van der Waals surface area contributed by atoms with E-state index in [1.165, 1.54) is 0 Å². The molecule has 6 heteroatoms. The molecule has 20 heavy (non-hydrogen) atoms. The van der Waals surface area contributed by atoms with Gasteiger partial charge in [0.2, 0.25) is 0 Å². The number of halogens is 1. The fourth-order valence-corrected chi connectivity index (χ4v) is 2.75. The molecule has 108 valence electrons. The first-order valence-electron chi connectivity index (χ1n) is 6.54. The molecular weight excluding hydrogens is 322 g/mol. The summed E-state index contributed by atoms with van der Waals surface area (Å²) >= 11 is 3.43. The fourth-order valence-electron chi connectivity index (χ4n) is 2.23. The lowest BCUT2D eigenvalue weighted by molar-refractivity contribution is -0.157. The quantitative estimate of drug-likeness (QED) is 0.672. The van der Waals surface area contributed by atoms with E-state index >= 15 is 0 Å². The predicted molar refractivity (Wildman–Crippen MR) is 80.8 cm³/mol. The molecule has 1 heterocycles. The summed E-state index contributed by atoms with van der Waals surface area (Å²) in [7, 11) is 0. The van der Waals surface area contributed by atoms with Crippen molar-refractivity contribution in [1.82, 2.24) is 9.80 Å². The second-order valence-electron chi connectivity index (χ2n) is 5.17. The van der Waals surface area contributed by atoms with Gasteiger partial charge in [0.15, 0.2) is 0 Å². The van der Waals surface area contributed by atoms with Crippen LogP contribution in [0.5, 0.6) is 0 Å². The first kappa shape index (κ1) is 14.8. The smallest absolute Gasteiger partial charge is 0.312 e. The van der Waals surface area contributed by atoms with Gasteiger partial charge in [-0.2, -0.15) is 0 Å². The molecule has 1 aliphatic heterocycles. The van der Waals surface area contributed by atoms with Gasteiger partial charge in [-0.05, 0) is 31.5 Å². The standard InChI is InChI=1S/C14H18BrN3O2/c1-9(2)18-6-5-17(13(19)14(18)20)8-10-3-4-11(16)7-12(10)15/h3-4,7,9H,5-6,8,16H2,1-2H3. The lowest BCUT2D eigenvalue weighted by Gasteiger charge is -2.36. The normalized spacial score (nSPS) is 16.2. The van der Waals surface area contributed by atoms with Crippen molar-refractivity contribution in [1.29, 1.82) is 0 Å². The fraction of sp³-hybridized carbons (Fsp3) is 0.429. The number of hydrogen-bond acceptors (Lipinski definition) is 3. The third-order valence-electron chi connectivity index (χ3n) is 3.40. The maximum absolute atomic E-state index is 12.1. The van der Waals surface area contributed by atoms with Gasteiger partial charge in [-0.1, -0.05) is 22.0 Å². The molecule has 0 spiro atoms. The Balaban J connectivity index is 2.11. The summed E-state index contributed by atoms with van der Waals surface area (Å²) in [5.74, 6) is -0.855. The Morgan fingerprint density at radius 2 is 1.95 bits per heavy atom. The van der Waals surface area contributed by atoms with E-state index in [1.54, 1.807) is 21.9 Å². The number of nitrogens with two attached hydrogens (primary N) is 1. The summed E-state index contributed by atoms with van der Waals surface area (Å²) in [4.78, 5) is 27.3. The number of carbonyl (C=O) groups excluding carboxylic acids is 2. The van der Waals surface area contributed by atoms with Crippen LogP contribution in [0.25, 0.3) is 0 Å². The number of piperazine rings is 1. The molecule has 0 aliphatic carbocycles. The summed E-state index contributed by atoms with van der Waals surface area (Å²) in [5.41, 5.74) is 7.29. The number of carbonyl (C=O) groups is 2. The molecule has 1 saturated heterocycles.